The van der Waals surface area contributed by atoms with Crippen LogP contribution in [0.25, 0.3) is 0 Å². The number of amides is 1. The molecule has 5 nitrogen and oxygen atoms in total. The number of hydrogen-bond acceptors (Lipinski definition) is 4. The molecule has 1 aromatic heterocycles. The Hall–Kier alpha value is -1.49. The first kappa shape index (κ1) is 15.4. The average molecular weight is 324 g/mol. The normalized spacial score (nSPS) is 24.5. The van der Waals surface area contributed by atoms with Crippen molar-refractivity contribution in [2.75, 3.05) is 18.0 Å². The number of carbonyl (C=O) groups excluding carboxylic acids is 1. The van der Waals surface area contributed by atoms with Gasteiger partial charge in [0.05, 0.1) is 17.1 Å². The van der Waals surface area contributed by atoms with E-state index >= 15 is 0 Å². The maximum absolute atomic E-state index is 12.4. The highest BCUT2D eigenvalue weighted by atomic mass is 35.5. The number of nitrogens with zero attached hydrogens (tertiary/aromatic N) is 3. The number of piperazine rings is 1. The number of fused-ring (bicyclic) bond motifs is 2. The van der Waals surface area contributed by atoms with Crippen LogP contribution in [0.15, 0.2) is 18.3 Å². The number of halogens is 1. The van der Waals surface area contributed by atoms with Crippen molar-refractivity contribution < 1.29 is 9.53 Å². The molecule has 2 atom stereocenters. The smallest absolute Gasteiger partial charge is 0.410 e. The highest BCUT2D eigenvalue weighted by Crippen LogP contribution is 2.33. The fraction of sp³-hybridized carbons (Fsp3) is 0.625. The van der Waals surface area contributed by atoms with Crippen LogP contribution in [0.1, 0.15) is 33.6 Å². The van der Waals surface area contributed by atoms with Crippen LogP contribution in [0.5, 0.6) is 0 Å². The molecule has 0 aromatic carbocycles. The average Bonchev–Trinajstić information content (AvgIpc) is 2.69. The van der Waals surface area contributed by atoms with Crippen LogP contribution in [0.3, 0.4) is 0 Å². The molecule has 22 heavy (non-hydrogen) atoms. The topological polar surface area (TPSA) is 45.7 Å². The lowest BCUT2D eigenvalue weighted by Gasteiger charge is -2.41. The summed E-state index contributed by atoms with van der Waals surface area (Å²) < 4.78 is 5.55. The molecule has 2 bridgehead atoms. The van der Waals surface area contributed by atoms with Gasteiger partial charge in [-0.3, -0.25) is 4.90 Å². The van der Waals surface area contributed by atoms with Crippen LogP contribution in [0, 0.1) is 0 Å². The van der Waals surface area contributed by atoms with Crippen LogP contribution >= 0.6 is 11.6 Å². The minimum Gasteiger partial charge on any atom is -0.444 e. The molecule has 1 unspecified atom stereocenters. The molecule has 1 aromatic rings. The summed E-state index contributed by atoms with van der Waals surface area (Å²) in [5.74, 6) is 0.921. The Morgan fingerprint density at radius 3 is 2.41 bits per heavy atom. The van der Waals surface area contributed by atoms with Crippen molar-refractivity contribution in [1.29, 1.82) is 0 Å². The second kappa shape index (κ2) is 5.61. The molecular formula is C16H22ClN3O2. The number of aromatic nitrogens is 1. The minimum absolute atomic E-state index is 0.191. The van der Waals surface area contributed by atoms with Crippen molar-refractivity contribution in [3.05, 3.63) is 23.4 Å². The highest BCUT2D eigenvalue weighted by molar-refractivity contribution is 6.30. The highest BCUT2D eigenvalue weighted by Gasteiger charge is 2.44. The zero-order chi connectivity index (χ0) is 15.9. The Labute approximate surface area is 136 Å². The lowest BCUT2D eigenvalue weighted by atomic mass is 10.2. The SMILES string of the molecule is CC(C)(C)OC(=O)N1C2CC[C@@H]1CN(c1ccc(Cl)cn1)C2. The quantitative estimate of drug-likeness (QED) is 0.795. The molecule has 2 aliphatic heterocycles. The van der Waals surface area contributed by atoms with E-state index in [9.17, 15) is 4.79 Å². The monoisotopic (exact) mass is 323 g/mol. The predicted octanol–water partition coefficient (Wildman–Crippen LogP) is 3.32. The third-order valence-corrected chi connectivity index (χ3v) is 4.35. The van der Waals surface area contributed by atoms with Gasteiger partial charge < -0.3 is 9.64 Å². The summed E-state index contributed by atoms with van der Waals surface area (Å²) in [5.41, 5.74) is -0.453. The van der Waals surface area contributed by atoms with Crippen molar-refractivity contribution in [1.82, 2.24) is 9.88 Å². The molecule has 3 rings (SSSR count). The Morgan fingerprint density at radius 2 is 1.91 bits per heavy atom. The molecule has 1 amide bonds. The van der Waals surface area contributed by atoms with Crippen molar-refractivity contribution in [3.8, 4) is 0 Å². The summed E-state index contributed by atoms with van der Waals surface area (Å²) in [5, 5.41) is 0.638. The fourth-order valence-corrected chi connectivity index (χ4v) is 3.37. The Balaban J connectivity index is 1.71. The van der Waals surface area contributed by atoms with Gasteiger partial charge in [-0.05, 0) is 45.7 Å². The standard InChI is InChI=1S/C16H22ClN3O2/c1-16(2,3)22-15(21)20-12-5-6-13(20)10-19(9-12)14-7-4-11(17)8-18-14/h4,7-8,12-13H,5-6,9-10H2,1-3H3/t12-,13?/m1/s1. The Kier molecular flexibility index (Phi) is 3.93. The molecule has 0 N–H and O–H groups in total. The summed E-state index contributed by atoms with van der Waals surface area (Å²) in [6, 6.07) is 4.19. The summed E-state index contributed by atoms with van der Waals surface area (Å²) in [7, 11) is 0. The Bertz CT molecular complexity index is 542. The fourth-order valence-electron chi connectivity index (χ4n) is 3.26. The molecule has 0 radical (unpaired) electrons. The molecule has 0 aliphatic carbocycles. The molecule has 2 saturated heterocycles. The molecule has 0 spiro atoms. The number of hydrogen-bond donors (Lipinski definition) is 0. The van der Waals surface area contributed by atoms with Crippen LogP contribution in [-0.2, 0) is 4.74 Å². The van der Waals surface area contributed by atoms with Crippen molar-refractivity contribution in [2.45, 2.75) is 51.3 Å². The van der Waals surface area contributed by atoms with E-state index in [2.05, 4.69) is 9.88 Å². The van der Waals surface area contributed by atoms with Crippen LogP contribution in [0.2, 0.25) is 5.02 Å². The van der Waals surface area contributed by atoms with E-state index in [1.807, 2.05) is 37.8 Å². The molecule has 2 fully saturated rings. The molecular weight excluding hydrogens is 302 g/mol. The predicted molar refractivity (Wildman–Crippen MR) is 86.3 cm³/mol. The van der Waals surface area contributed by atoms with Crippen molar-refractivity contribution in [3.63, 3.8) is 0 Å². The second-order valence-corrected chi connectivity index (χ2v) is 7.45. The van der Waals surface area contributed by atoms with Crippen LogP contribution in [-0.4, -0.2) is 46.8 Å². The van der Waals surface area contributed by atoms with E-state index in [0.29, 0.717) is 5.02 Å². The largest absolute Gasteiger partial charge is 0.444 e. The first-order valence-electron chi connectivity index (χ1n) is 7.71. The van der Waals surface area contributed by atoms with Gasteiger partial charge in [0, 0.05) is 19.3 Å². The number of ether oxygens (including phenoxy) is 1. The van der Waals surface area contributed by atoms with E-state index in [0.717, 1.165) is 31.7 Å². The second-order valence-electron chi connectivity index (χ2n) is 7.01. The molecule has 6 heteroatoms. The van der Waals surface area contributed by atoms with E-state index in [1.54, 1.807) is 6.20 Å². The van der Waals surface area contributed by atoms with Gasteiger partial charge in [0.15, 0.2) is 0 Å². The zero-order valence-electron chi connectivity index (χ0n) is 13.3. The summed E-state index contributed by atoms with van der Waals surface area (Å²) >= 11 is 5.90. The first-order chi connectivity index (χ1) is 10.3. The minimum atomic E-state index is -0.453. The zero-order valence-corrected chi connectivity index (χ0v) is 14.0. The first-order valence-corrected chi connectivity index (χ1v) is 8.09. The van der Waals surface area contributed by atoms with E-state index in [4.69, 9.17) is 16.3 Å². The van der Waals surface area contributed by atoms with Gasteiger partial charge in [-0.2, -0.15) is 0 Å². The van der Waals surface area contributed by atoms with Crippen molar-refractivity contribution in [2.24, 2.45) is 0 Å². The van der Waals surface area contributed by atoms with Crippen LogP contribution in [0.4, 0.5) is 10.6 Å². The van der Waals surface area contributed by atoms with Gasteiger partial charge in [0.25, 0.3) is 0 Å². The van der Waals surface area contributed by atoms with E-state index in [1.165, 1.54) is 0 Å². The third-order valence-electron chi connectivity index (χ3n) is 4.12. The van der Waals surface area contributed by atoms with Gasteiger partial charge in [-0.1, -0.05) is 11.6 Å². The number of rotatable bonds is 1. The van der Waals surface area contributed by atoms with E-state index in [-0.39, 0.29) is 18.2 Å². The molecule has 120 valence electrons. The lowest BCUT2D eigenvalue weighted by Crippen LogP contribution is -2.57. The summed E-state index contributed by atoms with van der Waals surface area (Å²) in [4.78, 5) is 21.0. The van der Waals surface area contributed by atoms with Crippen LogP contribution < -0.4 is 4.90 Å². The molecule has 3 heterocycles. The molecule has 2 aliphatic rings. The number of carbonyl (C=O) groups is 1. The van der Waals surface area contributed by atoms with E-state index < -0.39 is 5.60 Å². The maximum atomic E-state index is 12.4. The number of anilines is 1. The maximum Gasteiger partial charge on any atom is 0.410 e. The van der Waals surface area contributed by atoms with Gasteiger partial charge in [-0.15, -0.1) is 0 Å². The summed E-state index contributed by atoms with van der Waals surface area (Å²) in [6.45, 7) is 7.30. The van der Waals surface area contributed by atoms with Gasteiger partial charge in [0.1, 0.15) is 11.4 Å². The van der Waals surface area contributed by atoms with Gasteiger partial charge in [0.2, 0.25) is 0 Å². The van der Waals surface area contributed by atoms with Gasteiger partial charge in [-0.25, -0.2) is 9.78 Å². The molecule has 0 saturated carbocycles. The summed E-state index contributed by atoms with van der Waals surface area (Å²) in [6.07, 6.45) is 3.52. The number of pyridine rings is 1. The van der Waals surface area contributed by atoms with Crippen molar-refractivity contribution >= 4 is 23.5 Å². The van der Waals surface area contributed by atoms with Gasteiger partial charge >= 0.3 is 6.09 Å². The Morgan fingerprint density at radius 1 is 1.27 bits per heavy atom. The third kappa shape index (κ3) is 3.14. The lowest BCUT2D eigenvalue weighted by molar-refractivity contribution is 0.0123.